The molecule has 2 amide bonds. The Bertz CT molecular complexity index is 1040. The first-order valence-corrected chi connectivity index (χ1v) is 10.4. The van der Waals surface area contributed by atoms with Gasteiger partial charge in [-0.3, -0.25) is 9.59 Å². The minimum atomic E-state index is -4.86. The smallest absolute Gasteiger partial charge is 0.348 e. The first-order valence-electron chi connectivity index (χ1n) is 10.4. The molecular formula is C24H23F3N2O2. The standard InChI is InChI=1S/C24H23F3N2O2/c25-24(26,27)23(31)28-13-7-1-2-12-22(30)29-15-16-8-3-4-9-17(16)19-14-20(19)18-10-5-6-11-21(18)29/h3-6,8-11H,1-2,7,12-15H2,(H,28,31). The van der Waals surface area contributed by atoms with E-state index in [0.717, 1.165) is 23.2 Å². The Labute approximate surface area is 178 Å². The predicted molar refractivity (Wildman–Crippen MR) is 113 cm³/mol. The second kappa shape index (κ2) is 8.57. The van der Waals surface area contributed by atoms with Gasteiger partial charge in [-0.15, -0.1) is 0 Å². The second-order valence-electron chi connectivity index (χ2n) is 7.85. The average molecular weight is 428 g/mol. The number of unbranched alkanes of at least 4 members (excludes halogenated alkanes) is 2. The molecule has 0 atom stereocenters. The summed E-state index contributed by atoms with van der Waals surface area (Å²) in [5.41, 5.74) is 6.94. The molecule has 162 valence electrons. The zero-order chi connectivity index (χ0) is 22.0. The highest BCUT2D eigenvalue weighted by molar-refractivity contribution is 6.12. The Morgan fingerprint density at radius 2 is 1.58 bits per heavy atom. The summed E-state index contributed by atoms with van der Waals surface area (Å²) >= 11 is 0. The van der Waals surface area contributed by atoms with E-state index in [0.29, 0.717) is 32.2 Å². The maximum Gasteiger partial charge on any atom is 0.471 e. The zero-order valence-corrected chi connectivity index (χ0v) is 17.0. The van der Waals surface area contributed by atoms with E-state index in [2.05, 4.69) is 18.2 Å². The first-order chi connectivity index (χ1) is 14.9. The number of allylic oxidation sites excluding steroid dienone is 2. The molecule has 1 aliphatic heterocycles. The Balaban J connectivity index is 1.40. The summed E-state index contributed by atoms with van der Waals surface area (Å²) in [4.78, 5) is 25.8. The molecule has 2 aromatic rings. The molecule has 0 saturated heterocycles. The lowest BCUT2D eigenvalue weighted by atomic mass is 10.0. The molecule has 4 rings (SSSR count). The van der Waals surface area contributed by atoms with Gasteiger partial charge in [-0.05, 0) is 47.6 Å². The van der Waals surface area contributed by atoms with Gasteiger partial charge in [0.2, 0.25) is 5.91 Å². The number of fused-ring (bicyclic) bond motifs is 4. The molecule has 2 aliphatic rings. The predicted octanol–water partition coefficient (Wildman–Crippen LogP) is 5.09. The molecule has 1 aliphatic carbocycles. The van der Waals surface area contributed by atoms with E-state index in [1.54, 1.807) is 0 Å². The maximum atomic E-state index is 13.1. The third kappa shape index (κ3) is 4.65. The van der Waals surface area contributed by atoms with Crippen molar-refractivity contribution in [3.63, 3.8) is 0 Å². The van der Waals surface area contributed by atoms with Crippen LogP contribution in [0.2, 0.25) is 0 Å². The summed E-state index contributed by atoms with van der Waals surface area (Å²) in [6.07, 6.45) is -2.12. The van der Waals surface area contributed by atoms with E-state index in [1.165, 1.54) is 16.7 Å². The summed E-state index contributed by atoms with van der Waals surface area (Å²) in [5.74, 6) is -1.93. The fraction of sp³-hybridized carbons (Fsp3) is 0.333. The second-order valence-corrected chi connectivity index (χ2v) is 7.85. The minimum absolute atomic E-state index is 0.00807. The fourth-order valence-corrected chi connectivity index (χ4v) is 4.06. The fourth-order valence-electron chi connectivity index (χ4n) is 4.06. The van der Waals surface area contributed by atoms with E-state index >= 15 is 0 Å². The number of halogens is 3. The van der Waals surface area contributed by atoms with Crippen LogP contribution in [0.1, 0.15) is 48.8 Å². The van der Waals surface area contributed by atoms with E-state index in [9.17, 15) is 22.8 Å². The van der Waals surface area contributed by atoms with Crippen LogP contribution in [0.4, 0.5) is 18.9 Å². The molecule has 0 fully saturated rings. The highest BCUT2D eigenvalue weighted by Crippen LogP contribution is 2.52. The van der Waals surface area contributed by atoms with Gasteiger partial charge < -0.3 is 10.2 Å². The summed E-state index contributed by atoms with van der Waals surface area (Å²) in [7, 11) is 0. The average Bonchev–Trinajstić information content (AvgIpc) is 3.52. The van der Waals surface area contributed by atoms with Crippen molar-refractivity contribution in [2.45, 2.75) is 44.8 Å². The molecule has 0 aromatic heterocycles. The van der Waals surface area contributed by atoms with Crippen LogP contribution in [0.15, 0.2) is 48.5 Å². The first kappa shape index (κ1) is 21.2. The van der Waals surface area contributed by atoms with E-state index < -0.39 is 12.1 Å². The normalized spacial score (nSPS) is 14.7. The van der Waals surface area contributed by atoms with Crippen LogP contribution in [0.25, 0.3) is 11.1 Å². The van der Waals surface area contributed by atoms with Crippen molar-refractivity contribution in [1.29, 1.82) is 0 Å². The van der Waals surface area contributed by atoms with Gasteiger partial charge in [-0.2, -0.15) is 13.2 Å². The molecule has 0 unspecified atom stereocenters. The number of amides is 2. The lowest BCUT2D eigenvalue weighted by molar-refractivity contribution is -0.173. The molecular weight excluding hydrogens is 405 g/mol. The summed E-state index contributed by atoms with van der Waals surface area (Å²) in [5, 5.41) is 1.86. The van der Waals surface area contributed by atoms with Gasteiger partial charge in [0.25, 0.3) is 0 Å². The SMILES string of the molecule is O=C(CCCCCNC(=O)C(F)(F)F)N1Cc2ccccc2C2=C(C2)c2ccccc21. The van der Waals surface area contributed by atoms with Crippen LogP contribution >= 0.6 is 0 Å². The lowest BCUT2D eigenvalue weighted by Crippen LogP contribution is -2.37. The number of nitrogens with one attached hydrogen (secondary N) is 1. The van der Waals surface area contributed by atoms with Crippen LogP contribution in [-0.4, -0.2) is 24.5 Å². The molecule has 1 N–H and O–H groups in total. The largest absolute Gasteiger partial charge is 0.471 e. The highest BCUT2D eigenvalue weighted by atomic mass is 19.4. The van der Waals surface area contributed by atoms with Gasteiger partial charge in [0, 0.05) is 18.5 Å². The van der Waals surface area contributed by atoms with Crippen LogP contribution in [0.5, 0.6) is 0 Å². The Morgan fingerprint density at radius 1 is 0.903 bits per heavy atom. The lowest BCUT2D eigenvalue weighted by Gasteiger charge is -2.27. The number of carbonyl (C=O) groups excluding carboxylic acids is 2. The molecule has 0 bridgehead atoms. The van der Waals surface area contributed by atoms with Gasteiger partial charge in [0.05, 0.1) is 12.2 Å². The third-order valence-electron chi connectivity index (χ3n) is 5.70. The number of hydrogen-bond acceptors (Lipinski definition) is 2. The van der Waals surface area contributed by atoms with Crippen molar-refractivity contribution in [2.75, 3.05) is 11.4 Å². The molecule has 0 radical (unpaired) electrons. The van der Waals surface area contributed by atoms with Gasteiger partial charge in [0.1, 0.15) is 0 Å². The molecule has 0 saturated carbocycles. The quantitative estimate of drug-likeness (QED) is 0.652. The number of benzene rings is 2. The van der Waals surface area contributed by atoms with Gasteiger partial charge in [-0.1, -0.05) is 48.9 Å². The monoisotopic (exact) mass is 428 g/mol. The number of anilines is 1. The summed E-state index contributed by atoms with van der Waals surface area (Å²) in [6, 6.07) is 16.1. The Kier molecular flexibility index (Phi) is 5.85. The summed E-state index contributed by atoms with van der Waals surface area (Å²) < 4.78 is 36.6. The third-order valence-corrected chi connectivity index (χ3v) is 5.70. The molecule has 1 heterocycles. The number of rotatable bonds is 6. The van der Waals surface area contributed by atoms with E-state index in [-0.39, 0.29) is 12.5 Å². The molecule has 0 spiro atoms. The Morgan fingerprint density at radius 3 is 2.35 bits per heavy atom. The van der Waals surface area contributed by atoms with E-state index in [1.807, 2.05) is 40.5 Å². The molecule has 2 aromatic carbocycles. The number of alkyl halides is 3. The minimum Gasteiger partial charge on any atom is -0.348 e. The molecule has 7 heteroatoms. The van der Waals surface area contributed by atoms with E-state index in [4.69, 9.17) is 0 Å². The topological polar surface area (TPSA) is 49.4 Å². The van der Waals surface area contributed by atoms with Crippen LogP contribution in [0.3, 0.4) is 0 Å². The van der Waals surface area contributed by atoms with Crippen molar-refractivity contribution >= 4 is 28.6 Å². The Hall–Kier alpha value is -3.09. The van der Waals surface area contributed by atoms with Crippen molar-refractivity contribution in [2.24, 2.45) is 0 Å². The van der Waals surface area contributed by atoms with Gasteiger partial charge in [0.15, 0.2) is 0 Å². The van der Waals surface area contributed by atoms with Crippen molar-refractivity contribution < 1.29 is 22.8 Å². The zero-order valence-electron chi connectivity index (χ0n) is 17.0. The van der Waals surface area contributed by atoms with Crippen LogP contribution < -0.4 is 10.2 Å². The number of carbonyl (C=O) groups is 2. The van der Waals surface area contributed by atoms with Crippen molar-refractivity contribution in [3.8, 4) is 0 Å². The summed E-state index contributed by atoms with van der Waals surface area (Å²) in [6.45, 7) is 0.438. The van der Waals surface area contributed by atoms with Crippen LogP contribution in [-0.2, 0) is 16.1 Å². The highest BCUT2D eigenvalue weighted by Gasteiger charge is 2.38. The molecule has 4 nitrogen and oxygen atoms in total. The van der Waals surface area contributed by atoms with Crippen molar-refractivity contribution in [3.05, 3.63) is 65.2 Å². The van der Waals surface area contributed by atoms with Gasteiger partial charge in [-0.25, -0.2) is 0 Å². The van der Waals surface area contributed by atoms with Crippen LogP contribution in [0, 0.1) is 0 Å². The number of para-hydroxylation sites is 1. The maximum absolute atomic E-state index is 13.1. The number of nitrogens with zero attached hydrogens (tertiary/aromatic N) is 1. The van der Waals surface area contributed by atoms with Crippen molar-refractivity contribution in [1.82, 2.24) is 5.32 Å². The molecule has 31 heavy (non-hydrogen) atoms. The number of hydrogen-bond donors (Lipinski definition) is 1. The van der Waals surface area contributed by atoms with Gasteiger partial charge >= 0.3 is 12.1 Å².